The van der Waals surface area contributed by atoms with Gasteiger partial charge in [0.25, 0.3) is 0 Å². The highest BCUT2D eigenvalue weighted by molar-refractivity contribution is 7.51. The predicted molar refractivity (Wildman–Crippen MR) is 320 cm³/mol. The molecule has 1 unspecified atom stereocenters. The van der Waals surface area contributed by atoms with Gasteiger partial charge >= 0.3 is 19.3 Å². The number of hydrogen-bond donors (Lipinski definition) is 3. The molecule has 1 aliphatic rings. The van der Waals surface area contributed by atoms with Crippen molar-refractivity contribution in [3.63, 3.8) is 0 Å². The number of allylic oxidation sites excluding steroid dienone is 1. The van der Waals surface area contributed by atoms with Crippen molar-refractivity contribution >= 4 is 19.4 Å². The van der Waals surface area contributed by atoms with Crippen molar-refractivity contribution < 1.29 is 33.4 Å². The Kier molecular flexibility index (Phi) is 35.9. The van der Waals surface area contributed by atoms with E-state index in [0.717, 1.165) is 48.1 Å². The number of nitrogens with zero attached hydrogens (tertiary/aromatic N) is 5. The fraction of sp³-hybridized carbons (Fsp3) is 0.698. The fourth-order valence-corrected chi connectivity index (χ4v) is 11.0. The smallest absolute Gasteiger partial charge is 0.368 e. The van der Waals surface area contributed by atoms with E-state index in [2.05, 4.69) is 48.0 Å². The number of ether oxygens (including phenoxy) is 3. The van der Waals surface area contributed by atoms with E-state index >= 15 is 4.79 Å². The molecular weight excluding hydrogens is 1000 g/mol. The summed E-state index contributed by atoms with van der Waals surface area (Å²) in [4.78, 5) is 56.8. The van der Waals surface area contributed by atoms with Gasteiger partial charge in [-0.2, -0.15) is 4.98 Å². The Morgan fingerprint density at radius 1 is 0.564 bits per heavy atom. The van der Waals surface area contributed by atoms with Crippen molar-refractivity contribution in [2.75, 3.05) is 63.2 Å². The van der Waals surface area contributed by atoms with Crippen molar-refractivity contribution in [1.29, 1.82) is 0 Å². The number of hydrogen-bond acceptors (Lipinski definition) is 9. The fourth-order valence-electron chi connectivity index (χ4n) is 10.7. The summed E-state index contributed by atoms with van der Waals surface area (Å²) in [6.07, 6.45) is 38.6. The zero-order valence-electron chi connectivity index (χ0n) is 48.6. The molecule has 440 valence electrons. The van der Waals surface area contributed by atoms with E-state index in [-0.39, 0.29) is 19.0 Å². The van der Waals surface area contributed by atoms with E-state index in [4.69, 9.17) is 19.9 Å². The van der Waals surface area contributed by atoms with Crippen LogP contribution in [0.15, 0.2) is 89.0 Å². The average molecular weight is 1110 g/mol. The van der Waals surface area contributed by atoms with Crippen LogP contribution in [-0.2, 0) is 31.7 Å². The van der Waals surface area contributed by atoms with Crippen LogP contribution in [0.3, 0.4) is 0 Å². The number of aromatic nitrogens is 2. The van der Waals surface area contributed by atoms with E-state index in [1.807, 2.05) is 36.4 Å². The Balaban J connectivity index is 1.49. The van der Waals surface area contributed by atoms with Gasteiger partial charge < -0.3 is 29.7 Å². The molecule has 15 heteroatoms. The van der Waals surface area contributed by atoms with Crippen molar-refractivity contribution in [3.8, 4) is 0 Å². The molecule has 1 aromatic heterocycles. The molecule has 0 saturated carbocycles. The maximum Gasteiger partial charge on any atom is 0.368 e. The summed E-state index contributed by atoms with van der Waals surface area (Å²) in [5.41, 5.74) is 9.10. The van der Waals surface area contributed by atoms with Crippen LogP contribution in [0.5, 0.6) is 0 Å². The first-order chi connectivity index (χ1) is 38.1. The standard InChI is InChI=1S/C63H105N6O8P/c1-3-5-7-9-11-13-15-17-19-21-23-25-27-35-48-75-50-37-43-59-58(53-56-39-31-29-32-40-56)61(69(68-46-44-60(64)65-62(68)70)63(71)67(59)47-52-77-55-78(72,73)74)66(54-57-41-33-30-34-42-57)45-38-51-76-49-36-28-26-24-22-20-18-16-14-12-10-8-6-4-2/h29-34,39-42,44,46,61H,3-28,35-38,43,45,47-55H2,1-2H3,(H2,64,65,70)(H2,72,73,74). The number of unbranched alkanes of at least 4 members (excludes halogenated alkanes) is 26. The number of amides is 2. The molecule has 0 spiro atoms. The van der Waals surface area contributed by atoms with Crippen molar-refractivity contribution in [3.05, 3.63) is 106 Å². The third-order valence-electron chi connectivity index (χ3n) is 15.0. The highest BCUT2D eigenvalue weighted by Crippen LogP contribution is 2.36. The van der Waals surface area contributed by atoms with E-state index in [1.165, 1.54) is 176 Å². The van der Waals surface area contributed by atoms with E-state index in [0.29, 0.717) is 65.2 Å². The van der Waals surface area contributed by atoms with Crippen LogP contribution in [0.4, 0.5) is 10.6 Å². The summed E-state index contributed by atoms with van der Waals surface area (Å²) < 4.78 is 31.2. The van der Waals surface area contributed by atoms with Crippen LogP contribution in [0.25, 0.3) is 0 Å². The van der Waals surface area contributed by atoms with Crippen LogP contribution >= 0.6 is 7.60 Å². The molecule has 0 bridgehead atoms. The number of carbonyl (C=O) groups excluding carboxylic acids is 1. The van der Waals surface area contributed by atoms with Crippen LogP contribution in [0, 0.1) is 0 Å². The molecule has 0 radical (unpaired) electrons. The van der Waals surface area contributed by atoms with Crippen LogP contribution in [0.2, 0.25) is 0 Å². The minimum atomic E-state index is -4.48. The maximum absolute atomic E-state index is 15.5. The Labute approximate surface area is 471 Å². The summed E-state index contributed by atoms with van der Waals surface area (Å²) in [5.74, 6) is 0.0341. The van der Waals surface area contributed by atoms with Gasteiger partial charge in [-0.25, -0.2) is 19.3 Å². The Hall–Kier alpha value is -3.88. The SMILES string of the molecule is CCCCCCCCCCCCCCCCOCCCC1=C(Cc2ccccc2)C(N(CCCOCCCCCCCCCCCCCCCC)Cc2ccccc2)N(n2ccc(N)nc2=O)C(=O)N1CCOCP(=O)(O)O. The van der Waals surface area contributed by atoms with Crippen molar-refractivity contribution in [2.45, 2.75) is 232 Å². The summed E-state index contributed by atoms with van der Waals surface area (Å²) in [5, 5.41) is 1.48. The second-order valence-corrected chi connectivity index (χ2v) is 23.4. The van der Waals surface area contributed by atoms with Gasteiger partial charge in [0.2, 0.25) is 0 Å². The molecule has 4 N–H and O–H groups in total. The number of carbonyl (C=O) groups is 1. The third-order valence-corrected chi connectivity index (χ3v) is 15.5. The largest absolute Gasteiger partial charge is 0.383 e. The van der Waals surface area contributed by atoms with Gasteiger partial charge in [0.15, 0.2) is 0 Å². The molecule has 4 rings (SSSR count). The first kappa shape index (κ1) is 66.6. The van der Waals surface area contributed by atoms with Gasteiger partial charge in [0, 0.05) is 51.4 Å². The molecule has 0 aliphatic carbocycles. The molecule has 1 atom stereocenters. The topological polar surface area (TPSA) is 173 Å². The van der Waals surface area contributed by atoms with Crippen molar-refractivity contribution in [2.24, 2.45) is 0 Å². The van der Waals surface area contributed by atoms with Gasteiger partial charge in [-0.15, -0.1) is 0 Å². The lowest BCUT2D eigenvalue weighted by molar-refractivity contribution is 0.0963. The zero-order chi connectivity index (χ0) is 55.7. The van der Waals surface area contributed by atoms with Gasteiger partial charge in [-0.3, -0.25) is 14.4 Å². The highest BCUT2D eigenvalue weighted by Gasteiger charge is 2.44. The summed E-state index contributed by atoms with van der Waals surface area (Å²) in [6, 6.07) is 21.3. The lowest BCUT2D eigenvalue weighted by atomic mass is 9.94. The number of benzene rings is 2. The van der Waals surface area contributed by atoms with Crippen LogP contribution in [0.1, 0.15) is 224 Å². The first-order valence-corrected chi connectivity index (χ1v) is 32.7. The summed E-state index contributed by atoms with van der Waals surface area (Å²) >= 11 is 0. The molecule has 0 fully saturated rings. The van der Waals surface area contributed by atoms with E-state index in [1.54, 1.807) is 4.90 Å². The third kappa shape index (κ3) is 28.5. The molecular formula is C63H105N6O8P. The molecule has 78 heavy (non-hydrogen) atoms. The number of nitrogen functional groups attached to an aromatic ring is 1. The monoisotopic (exact) mass is 1100 g/mol. The predicted octanol–water partition coefficient (Wildman–Crippen LogP) is 14.8. The second-order valence-electron chi connectivity index (χ2n) is 21.8. The Morgan fingerprint density at radius 2 is 1.01 bits per heavy atom. The normalized spacial score (nSPS) is 14.2. The molecule has 1 aliphatic heterocycles. The summed E-state index contributed by atoms with van der Waals surface area (Å²) in [7, 11) is -4.48. The molecule has 14 nitrogen and oxygen atoms in total. The minimum absolute atomic E-state index is 0.0154. The van der Waals surface area contributed by atoms with Crippen molar-refractivity contribution in [1.82, 2.24) is 19.5 Å². The van der Waals surface area contributed by atoms with E-state index < -0.39 is 31.8 Å². The minimum Gasteiger partial charge on any atom is -0.383 e. The van der Waals surface area contributed by atoms with E-state index in [9.17, 15) is 19.1 Å². The van der Waals surface area contributed by atoms with Crippen LogP contribution < -0.4 is 16.4 Å². The van der Waals surface area contributed by atoms with Gasteiger partial charge in [0.1, 0.15) is 18.3 Å². The maximum atomic E-state index is 15.5. The van der Waals surface area contributed by atoms with Gasteiger partial charge in [-0.1, -0.05) is 241 Å². The number of urea groups is 1. The average Bonchev–Trinajstić information content (AvgIpc) is 3.43. The number of anilines is 1. The quantitative estimate of drug-likeness (QED) is 0.0363. The lowest BCUT2D eigenvalue weighted by Gasteiger charge is -2.48. The molecule has 3 aromatic rings. The Morgan fingerprint density at radius 3 is 1.49 bits per heavy atom. The molecule has 2 heterocycles. The van der Waals surface area contributed by atoms with Crippen LogP contribution in [-0.4, -0.2) is 93.9 Å². The lowest BCUT2D eigenvalue weighted by Crippen LogP contribution is -2.66. The second kappa shape index (κ2) is 42.0. The summed E-state index contributed by atoms with van der Waals surface area (Å²) in [6.45, 7) is 7.79. The molecule has 0 saturated heterocycles. The molecule has 2 amide bonds. The van der Waals surface area contributed by atoms with Gasteiger partial charge in [0.05, 0.1) is 13.2 Å². The highest BCUT2D eigenvalue weighted by atomic mass is 31.2. The number of rotatable bonds is 49. The zero-order valence-corrected chi connectivity index (χ0v) is 49.5. The first-order valence-electron chi connectivity index (χ1n) is 30.9. The number of nitrogens with two attached hydrogens (primary N) is 1. The van der Waals surface area contributed by atoms with Gasteiger partial charge in [-0.05, 0) is 61.3 Å². The Bertz CT molecular complexity index is 2120. The molecule has 2 aromatic carbocycles.